The summed E-state index contributed by atoms with van der Waals surface area (Å²) in [6.45, 7) is 4.61. The summed E-state index contributed by atoms with van der Waals surface area (Å²) in [6.07, 6.45) is 12.0. The summed E-state index contributed by atoms with van der Waals surface area (Å²) in [5.74, 6) is 0.480. The number of nitrogens with one attached hydrogen (secondary N) is 2. The topological polar surface area (TPSA) is 102 Å². The third-order valence-electron chi connectivity index (χ3n) is 11.2. The number of amides is 2. The highest BCUT2D eigenvalue weighted by Crippen LogP contribution is 2.46. The number of likely N-dealkylation sites (N-methyl/N-ethyl adjacent to an activating group) is 1. The predicted molar refractivity (Wildman–Crippen MR) is 205 cm³/mol. The van der Waals surface area contributed by atoms with Crippen molar-refractivity contribution in [3.8, 4) is 17.0 Å². The highest BCUT2D eigenvalue weighted by Gasteiger charge is 2.43. The number of methoxy groups -OCH3 is 1. The van der Waals surface area contributed by atoms with Crippen LogP contribution in [0.3, 0.4) is 0 Å². The molecule has 2 N–H and O–H groups in total. The molecule has 1 aromatic heterocycles. The monoisotopic (exact) mass is 702 g/mol. The average molecular weight is 703 g/mol. The van der Waals surface area contributed by atoms with Gasteiger partial charge in [0.15, 0.2) is 0 Å². The minimum atomic E-state index is -1.00. The van der Waals surface area contributed by atoms with Crippen LogP contribution in [0.5, 0.6) is 5.75 Å². The van der Waals surface area contributed by atoms with Crippen molar-refractivity contribution in [3.05, 3.63) is 89.0 Å². The summed E-state index contributed by atoms with van der Waals surface area (Å²) in [5, 5.41) is 7.49. The van der Waals surface area contributed by atoms with E-state index in [2.05, 4.69) is 51.4 Å². The molecule has 1 aliphatic heterocycles. The first-order valence-electron chi connectivity index (χ1n) is 18.9. The number of hydrogen-bond acceptors (Lipinski definition) is 6. The molecular formula is C43H50N4O5. The molecule has 0 unspecified atom stereocenters. The molecule has 0 bridgehead atoms. The van der Waals surface area contributed by atoms with E-state index in [1.54, 1.807) is 32.2 Å². The second-order valence-electron chi connectivity index (χ2n) is 14.6. The lowest BCUT2D eigenvalue weighted by Crippen LogP contribution is -2.55. The van der Waals surface area contributed by atoms with E-state index in [0.717, 1.165) is 49.3 Å². The first kappa shape index (κ1) is 35.5. The van der Waals surface area contributed by atoms with Gasteiger partial charge in [-0.05, 0) is 111 Å². The van der Waals surface area contributed by atoms with Gasteiger partial charge in [0.05, 0.1) is 19.4 Å². The minimum Gasteiger partial charge on any atom is -0.497 e. The third-order valence-corrected chi connectivity index (χ3v) is 11.2. The van der Waals surface area contributed by atoms with Crippen molar-refractivity contribution in [3.63, 3.8) is 0 Å². The zero-order valence-electron chi connectivity index (χ0n) is 30.6. The van der Waals surface area contributed by atoms with Gasteiger partial charge in [0, 0.05) is 53.4 Å². The predicted octanol–water partition coefficient (Wildman–Crippen LogP) is 8.07. The average Bonchev–Trinajstić information content (AvgIpc) is 3.76. The Morgan fingerprint density at radius 2 is 1.69 bits per heavy atom. The van der Waals surface area contributed by atoms with E-state index in [0.29, 0.717) is 36.6 Å². The largest absolute Gasteiger partial charge is 0.497 e. The van der Waals surface area contributed by atoms with Crippen LogP contribution in [0, 0.1) is 0 Å². The second-order valence-corrected chi connectivity index (χ2v) is 14.6. The van der Waals surface area contributed by atoms with Crippen molar-refractivity contribution >= 4 is 40.4 Å². The second kappa shape index (κ2) is 15.4. The molecule has 3 aliphatic rings. The van der Waals surface area contributed by atoms with Gasteiger partial charge in [-0.2, -0.15) is 0 Å². The summed E-state index contributed by atoms with van der Waals surface area (Å²) in [4.78, 5) is 42.1. The number of anilines is 1. The van der Waals surface area contributed by atoms with Crippen molar-refractivity contribution in [2.24, 2.45) is 0 Å². The minimum absolute atomic E-state index is 0.211. The van der Waals surface area contributed by atoms with Crippen LogP contribution in [0.2, 0.25) is 0 Å². The number of rotatable bonds is 9. The SMILES string of the molecule is CCOC(=O)/C=C/c1ccc(NC(=O)C2(NC(=O)c3ccc4c(C5CCCCC5)c5n(c4c3)CCN(C)Cc3cc(OC)ccc3-5)CCCC2)cc1. The molecule has 9 heteroatoms. The fourth-order valence-corrected chi connectivity index (χ4v) is 8.50. The van der Waals surface area contributed by atoms with E-state index in [-0.39, 0.29) is 11.8 Å². The Labute approximate surface area is 306 Å². The first-order valence-corrected chi connectivity index (χ1v) is 18.9. The maximum absolute atomic E-state index is 14.2. The van der Waals surface area contributed by atoms with Gasteiger partial charge in [-0.15, -0.1) is 0 Å². The van der Waals surface area contributed by atoms with E-state index < -0.39 is 11.5 Å². The number of hydrogen-bond donors (Lipinski definition) is 2. The number of fused-ring (bicyclic) bond motifs is 5. The number of aromatic nitrogens is 1. The van der Waals surface area contributed by atoms with Crippen LogP contribution in [0.15, 0.2) is 66.7 Å². The van der Waals surface area contributed by atoms with Crippen molar-refractivity contribution in [1.82, 2.24) is 14.8 Å². The third kappa shape index (κ3) is 7.24. The zero-order chi connectivity index (χ0) is 36.2. The van der Waals surface area contributed by atoms with Gasteiger partial charge < -0.3 is 29.6 Å². The van der Waals surface area contributed by atoms with Crippen LogP contribution >= 0.6 is 0 Å². The standard InChI is InChI=1S/C43H50N4O5/c1-4-52-38(48)21-14-29-12-16-33(17-13-29)44-42(50)43(22-8-9-23-43)45-41(49)31-15-19-36-37(27-31)47-25-24-46(2)28-32-26-34(51-3)18-20-35(32)40(47)39(36)30-10-6-5-7-11-30/h12-21,26-27,30H,4-11,22-25,28H2,1-3H3,(H,44,50)(H,45,49)/b21-14+. The van der Waals surface area contributed by atoms with Crippen molar-refractivity contribution in [1.29, 1.82) is 0 Å². The van der Waals surface area contributed by atoms with Crippen LogP contribution in [0.25, 0.3) is 28.2 Å². The Morgan fingerprint density at radius 1 is 0.923 bits per heavy atom. The number of esters is 1. The number of carbonyl (C=O) groups is 3. The molecule has 2 heterocycles. The maximum Gasteiger partial charge on any atom is 0.330 e. The first-order chi connectivity index (χ1) is 25.3. The quantitative estimate of drug-likeness (QED) is 0.135. The van der Waals surface area contributed by atoms with Gasteiger partial charge in [0.2, 0.25) is 5.91 Å². The number of ether oxygens (including phenoxy) is 2. The van der Waals surface area contributed by atoms with E-state index >= 15 is 0 Å². The van der Waals surface area contributed by atoms with Crippen LogP contribution in [0.1, 0.15) is 97.7 Å². The molecule has 272 valence electrons. The van der Waals surface area contributed by atoms with Crippen molar-refractivity contribution in [2.75, 3.05) is 32.6 Å². The summed E-state index contributed by atoms with van der Waals surface area (Å²) in [5.41, 5.74) is 7.24. The summed E-state index contributed by atoms with van der Waals surface area (Å²) >= 11 is 0. The van der Waals surface area contributed by atoms with E-state index in [1.807, 2.05) is 24.3 Å². The van der Waals surface area contributed by atoms with Crippen molar-refractivity contribution < 1.29 is 23.9 Å². The molecule has 2 aliphatic carbocycles. The summed E-state index contributed by atoms with van der Waals surface area (Å²) in [7, 11) is 3.88. The lowest BCUT2D eigenvalue weighted by Gasteiger charge is -2.29. The van der Waals surface area contributed by atoms with Crippen molar-refractivity contribution in [2.45, 2.75) is 89.3 Å². The molecule has 2 fully saturated rings. The molecule has 2 amide bonds. The number of benzene rings is 3. The van der Waals surface area contributed by atoms with Gasteiger partial charge in [-0.3, -0.25) is 9.59 Å². The molecule has 2 saturated carbocycles. The van der Waals surface area contributed by atoms with Crippen LogP contribution in [0.4, 0.5) is 5.69 Å². The zero-order valence-corrected chi connectivity index (χ0v) is 30.6. The Bertz CT molecular complexity index is 1980. The highest BCUT2D eigenvalue weighted by molar-refractivity contribution is 6.06. The van der Waals surface area contributed by atoms with E-state index in [9.17, 15) is 14.4 Å². The fourth-order valence-electron chi connectivity index (χ4n) is 8.50. The molecule has 3 aromatic carbocycles. The lowest BCUT2D eigenvalue weighted by atomic mass is 9.81. The lowest BCUT2D eigenvalue weighted by molar-refractivity contribution is -0.137. The molecule has 0 atom stereocenters. The number of nitrogens with zero attached hydrogens (tertiary/aromatic N) is 2. The smallest absolute Gasteiger partial charge is 0.330 e. The molecule has 9 nitrogen and oxygen atoms in total. The van der Waals surface area contributed by atoms with Gasteiger partial charge in [0.25, 0.3) is 5.91 Å². The van der Waals surface area contributed by atoms with Crippen LogP contribution < -0.4 is 15.4 Å². The number of carbonyl (C=O) groups excluding carboxylic acids is 3. The molecule has 0 radical (unpaired) electrons. The Hall–Kier alpha value is -4.89. The van der Waals surface area contributed by atoms with Crippen LogP contribution in [-0.2, 0) is 27.4 Å². The molecular weight excluding hydrogens is 652 g/mol. The van der Waals surface area contributed by atoms with Gasteiger partial charge in [-0.25, -0.2) is 4.79 Å². The molecule has 4 aromatic rings. The van der Waals surface area contributed by atoms with Gasteiger partial charge in [0.1, 0.15) is 11.3 Å². The summed E-state index contributed by atoms with van der Waals surface area (Å²) < 4.78 is 13.0. The Kier molecular flexibility index (Phi) is 10.5. The maximum atomic E-state index is 14.2. The highest BCUT2D eigenvalue weighted by atomic mass is 16.5. The summed E-state index contributed by atoms with van der Waals surface area (Å²) in [6, 6.07) is 19.9. The molecule has 52 heavy (non-hydrogen) atoms. The van der Waals surface area contributed by atoms with Gasteiger partial charge in [-0.1, -0.05) is 50.3 Å². The normalized spacial score (nSPS) is 17.6. The molecule has 0 spiro atoms. The molecule has 0 saturated heterocycles. The Morgan fingerprint density at radius 3 is 2.42 bits per heavy atom. The molecule has 7 rings (SSSR count). The Balaban J connectivity index is 1.20. The van der Waals surface area contributed by atoms with E-state index in [1.165, 1.54) is 66.0 Å². The van der Waals surface area contributed by atoms with Gasteiger partial charge >= 0.3 is 5.97 Å². The fraction of sp³-hybridized carbons (Fsp3) is 0.419. The van der Waals surface area contributed by atoms with E-state index in [4.69, 9.17) is 9.47 Å². The van der Waals surface area contributed by atoms with Crippen LogP contribution in [-0.4, -0.2) is 60.1 Å².